The predicted octanol–water partition coefficient (Wildman–Crippen LogP) is 6.73. The molecule has 3 aromatic rings. The van der Waals surface area contributed by atoms with Gasteiger partial charge in [-0.05, 0) is 85.3 Å². The molecule has 1 aliphatic carbocycles. The van der Waals surface area contributed by atoms with Gasteiger partial charge >= 0.3 is 6.18 Å². The Labute approximate surface area is 240 Å². The highest BCUT2D eigenvalue weighted by atomic mass is 19.4. The van der Waals surface area contributed by atoms with Crippen LogP contribution in [0.5, 0.6) is 0 Å². The summed E-state index contributed by atoms with van der Waals surface area (Å²) in [6.07, 6.45) is 3.94. The van der Waals surface area contributed by atoms with Crippen LogP contribution in [0.3, 0.4) is 0 Å². The number of halogens is 3. The number of hydrogen-bond acceptors (Lipinski definition) is 5. The smallest absolute Gasteiger partial charge is 0.370 e. The zero-order valence-corrected chi connectivity index (χ0v) is 23.6. The molecule has 0 spiro atoms. The van der Waals surface area contributed by atoms with Gasteiger partial charge in [0.2, 0.25) is 5.91 Å². The van der Waals surface area contributed by atoms with E-state index in [0.29, 0.717) is 0 Å². The summed E-state index contributed by atoms with van der Waals surface area (Å²) in [7, 11) is 1.77. The molecule has 6 nitrogen and oxygen atoms in total. The van der Waals surface area contributed by atoms with E-state index in [0.717, 1.165) is 79.9 Å². The lowest BCUT2D eigenvalue weighted by atomic mass is 9.89. The third kappa shape index (κ3) is 7.19. The standard InChI is InChI=1S/C32H38F3N5O/c1-22(41)39(2)28-9-5-7-23(19-28)24-16-17-36-31(20-24)38-30-11-4-3-10-29(30)37-26-8-6-18-40(21-26)27-14-12-25(13-15-27)32(33,34)35/h5,7,9,12-17,19-20,26,29-30,37H,3-4,6,8,10-11,18,21H2,1-2H3,(H,36,38)/t26-,29+,30+/m0/s1. The molecule has 9 heteroatoms. The molecular weight excluding hydrogens is 527 g/mol. The van der Waals surface area contributed by atoms with E-state index < -0.39 is 11.7 Å². The third-order valence-corrected chi connectivity index (χ3v) is 8.33. The van der Waals surface area contributed by atoms with Crippen LogP contribution in [0.15, 0.2) is 66.9 Å². The van der Waals surface area contributed by atoms with Crippen LogP contribution >= 0.6 is 0 Å². The summed E-state index contributed by atoms with van der Waals surface area (Å²) >= 11 is 0. The first-order valence-corrected chi connectivity index (χ1v) is 14.4. The van der Waals surface area contributed by atoms with Crippen LogP contribution in [0.25, 0.3) is 11.1 Å². The summed E-state index contributed by atoms with van der Waals surface area (Å²) in [4.78, 5) is 20.3. The van der Waals surface area contributed by atoms with Gasteiger partial charge in [-0.15, -0.1) is 0 Å². The SMILES string of the molecule is CC(=O)N(C)c1cccc(-c2ccnc(N[C@@H]3CCCC[C@H]3N[C@H]3CCCN(c4ccc(C(F)(F)F)cc4)C3)c2)c1. The number of rotatable bonds is 7. The van der Waals surface area contributed by atoms with E-state index in [1.165, 1.54) is 12.1 Å². The normalized spacial score (nSPS) is 21.4. The van der Waals surface area contributed by atoms with E-state index in [1.807, 2.05) is 36.5 Å². The van der Waals surface area contributed by atoms with E-state index >= 15 is 0 Å². The summed E-state index contributed by atoms with van der Waals surface area (Å²) in [5.74, 6) is 0.803. The van der Waals surface area contributed by atoms with Crippen molar-refractivity contribution < 1.29 is 18.0 Å². The first kappa shape index (κ1) is 28.9. The van der Waals surface area contributed by atoms with Gasteiger partial charge in [-0.1, -0.05) is 25.0 Å². The van der Waals surface area contributed by atoms with Gasteiger partial charge in [-0.2, -0.15) is 13.2 Å². The van der Waals surface area contributed by atoms with E-state index in [-0.39, 0.29) is 24.0 Å². The summed E-state index contributed by atoms with van der Waals surface area (Å²) in [6.45, 7) is 3.17. The highest BCUT2D eigenvalue weighted by molar-refractivity contribution is 5.91. The Morgan fingerprint density at radius 2 is 1.68 bits per heavy atom. The second-order valence-electron chi connectivity index (χ2n) is 11.2. The van der Waals surface area contributed by atoms with Gasteiger partial charge in [0.1, 0.15) is 5.82 Å². The Morgan fingerprint density at radius 3 is 2.41 bits per heavy atom. The maximum absolute atomic E-state index is 13.0. The monoisotopic (exact) mass is 565 g/mol. The van der Waals surface area contributed by atoms with Crippen LogP contribution in [-0.4, -0.2) is 49.2 Å². The van der Waals surface area contributed by atoms with Crippen molar-refractivity contribution in [3.05, 3.63) is 72.4 Å². The first-order valence-electron chi connectivity index (χ1n) is 14.4. The summed E-state index contributed by atoms with van der Waals surface area (Å²) in [5.41, 5.74) is 3.11. The molecule has 41 heavy (non-hydrogen) atoms. The van der Waals surface area contributed by atoms with Crippen LogP contribution in [-0.2, 0) is 11.0 Å². The van der Waals surface area contributed by atoms with Crippen molar-refractivity contribution in [2.75, 3.05) is 35.3 Å². The number of piperidine rings is 1. The minimum atomic E-state index is -4.32. The Bertz CT molecular complexity index is 1330. The number of nitrogens with zero attached hydrogens (tertiary/aromatic N) is 3. The molecule has 5 rings (SSSR count). The molecular formula is C32H38F3N5O. The number of benzene rings is 2. The number of hydrogen-bond donors (Lipinski definition) is 2. The molecule has 3 atom stereocenters. The van der Waals surface area contributed by atoms with Gasteiger partial charge < -0.3 is 20.4 Å². The van der Waals surface area contributed by atoms with E-state index in [2.05, 4.69) is 26.6 Å². The van der Waals surface area contributed by atoms with Gasteiger partial charge in [0.05, 0.1) is 5.56 Å². The number of aromatic nitrogens is 1. The van der Waals surface area contributed by atoms with Crippen LogP contribution in [0.1, 0.15) is 51.0 Å². The second kappa shape index (κ2) is 12.5. The van der Waals surface area contributed by atoms with Crippen molar-refractivity contribution in [3.8, 4) is 11.1 Å². The molecule has 1 saturated carbocycles. The van der Waals surface area contributed by atoms with Crippen LogP contribution < -0.4 is 20.4 Å². The molecule has 1 aliphatic heterocycles. The number of alkyl halides is 3. The Hall–Kier alpha value is -3.59. The van der Waals surface area contributed by atoms with Gasteiger partial charge in [0, 0.05) is 62.8 Å². The van der Waals surface area contributed by atoms with Crippen LogP contribution in [0, 0.1) is 0 Å². The fourth-order valence-corrected chi connectivity index (χ4v) is 5.97. The number of anilines is 3. The maximum Gasteiger partial charge on any atom is 0.416 e. The maximum atomic E-state index is 13.0. The molecule has 0 radical (unpaired) electrons. The third-order valence-electron chi connectivity index (χ3n) is 8.33. The minimum Gasteiger partial charge on any atom is -0.370 e. The van der Waals surface area contributed by atoms with Gasteiger partial charge in [-0.25, -0.2) is 4.98 Å². The number of pyridine rings is 1. The lowest BCUT2D eigenvalue weighted by molar-refractivity contribution is -0.137. The Morgan fingerprint density at radius 1 is 0.951 bits per heavy atom. The molecule has 218 valence electrons. The average molecular weight is 566 g/mol. The first-order chi connectivity index (χ1) is 19.7. The molecule has 2 aliphatic rings. The van der Waals surface area contributed by atoms with Crippen molar-refractivity contribution in [2.45, 2.75) is 69.8 Å². The van der Waals surface area contributed by atoms with Crippen molar-refractivity contribution in [3.63, 3.8) is 0 Å². The van der Waals surface area contributed by atoms with Gasteiger partial charge in [0.15, 0.2) is 0 Å². The topological polar surface area (TPSA) is 60.5 Å². The van der Waals surface area contributed by atoms with Crippen LogP contribution in [0.2, 0.25) is 0 Å². The zero-order chi connectivity index (χ0) is 29.0. The lowest BCUT2D eigenvalue weighted by Gasteiger charge is -2.40. The summed E-state index contributed by atoms with van der Waals surface area (Å²) in [5, 5.41) is 7.58. The van der Waals surface area contributed by atoms with Gasteiger partial charge in [-0.3, -0.25) is 4.79 Å². The average Bonchev–Trinajstić information content (AvgIpc) is 2.98. The highest BCUT2D eigenvalue weighted by Gasteiger charge is 2.32. The van der Waals surface area contributed by atoms with E-state index in [9.17, 15) is 18.0 Å². The molecule has 2 fully saturated rings. The van der Waals surface area contributed by atoms with Crippen molar-refractivity contribution in [1.29, 1.82) is 0 Å². The molecule has 1 saturated heterocycles. The Balaban J connectivity index is 1.24. The largest absolute Gasteiger partial charge is 0.416 e. The highest BCUT2D eigenvalue weighted by Crippen LogP contribution is 2.32. The molecule has 2 heterocycles. The predicted molar refractivity (Wildman–Crippen MR) is 158 cm³/mol. The number of carbonyl (C=O) groups is 1. The second-order valence-corrected chi connectivity index (χ2v) is 11.2. The Kier molecular flexibility index (Phi) is 8.82. The van der Waals surface area contributed by atoms with Gasteiger partial charge in [0.25, 0.3) is 0 Å². The quantitative estimate of drug-likeness (QED) is 0.333. The molecule has 0 unspecified atom stereocenters. The molecule has 0 bridgehead atoms. The lowest BCUT2D eigenvalue weighted by Crippen LogP contribution is -2.55. The fourth-order valence-electron chi connectivity index (χ4n) is 5.97. The van der Waals surface area contributed by atoms with Crippen LogP contribution in [0.4, 0.5) is 30.4 Å². The molecule has 2 N–H and O–H groups in total. The number of nitrogens with one attached hydrogen (secondary N) is 2. The molecule has 1 aromatic heterocycles. The summed E-state index contributed by atoms with van der Waals surface area (Å²) in [6, 6.07) is 18.2. The summed E-state index contributed by atoms with van der Waals surface area (Å²) < 4.78 is 39.0. The number of amides is 1. The van der Waals surface area contributed by atoms with Crippen molar-refractivity contribution in [1.82, 2.24) is 10.3 Å². The van der Waals surface area contributed by atoms with Crippen molar-refractivity contribution in [2.24, 2.45) is 0 Å². The molecule has 1 amide bonds. The minimum absolute atomic E-state index is 0.0180. The van der Waals surface area contributed by atoms with E-state index in [4.69, 9.17) is 0 Å². The fraction of sp³-hybridized carbons (Fsp3) is 0.438. The van der Waals surface area contributed by atoms with E-state index in [1.54, 1.807) is 31.0 Å². The zero-order valence-electron chi connectivity index (χ0n) is 23.6. The molecule has 2 aromatic carbocycles. The van der Waals surface area contributed by atoms with Crippen molar-refractivity contribution >= 4 is 23.1 Å². The number of carbonyl (C=O) groups excluding carboxylic acids is 1.